The summed E-state index contributed by atoms with van der Waals surface area (Å²) in [6.45, 7) is 0. The van der Waals surface area contributed by atoms with Crippen LogP contribution in [0.4, 0.5) is 0 Å². The molecule has 0 N–H and O–H groups in total. The molecule has 0 heterocycles. The van der Waals surface area contributed by atoms with Crippen molar-refractivity contribution in [3.8, 4) is 0 Å². The number of benzene rings is 1. The van der Waals surface area contributed by atoms with Gasteiger partial charge in [-0.1, -0.05) is 18.2 Å². The van der Waals surface area contributed by atoms with E-state index in [1.54, 1.807) is 0 Å². The van der Waals surface area contributed by atoms with Gasteiger partial charge in [0.2, 0.25) is 0 Å². The van der Waals surface area contributed by atoms with Crippen molar-refractivity contribution in [2.45, 2.75) is 11.3 Å². The number of aryl methyl sites for hydroxylation is 1. The van der Waals surface area contributed by atoms with Gasteiger partial charge in [0.05, 0.1) is 0 Å². The summed E-state index contributed by atoms with van der Waals surface area (Å²) in [5.41, 5.74) is 1.28. The highest BCUT2D eigenvalue weighted by atomic mass is 32.1. The maximum atomic E-state index is 4.30. The number of rotatable bonds is 2. The van der Waals surface area contributed by atoms with Gasteiger partial charge in [-0.15, -0.1) is 12.6 Å². The van der Waals surface area contributed by atoms with Crippen molar-refractivity contribution in [2.24, 2.45) is 0 Å². The second-order valence-corrected chi connectivity index (χ2v) is 3.03. The molecule has 0 unspecified atom stereocenters. The largest absolute Gasteiger partial charge is 0.179 e. The third-order valence-electron chi connectivity index (χ3n) is 1.37. The molecule has 1 aromatic rings. The van der Waals surface area contributed by atoms with Crippen LogP contribution in [0.5, 0.6) is 0 Å². The molecule has 0 radical (unpaired) electrons. The van der Waals surface area contributed by atoms with Gasteiger partial charge in [-0.05, 0) is 23.8 Å². The molecule has 54 valence electrons. The lowest BCUT2D eigenvalue weighted by Crippen LogP contribution is -1.86. The number of hydrogen-bond acceptors (Lipinski definition) is 2. The van der Waals surface area contributed by atoms with Crippen LogP contribution in [0.2, 0.25) is 0 Å². The summed E-state index contributed by atoms with van der Waals surface area (Å²) in [6, 6.07) is 8.10. The van der Waals surface area contributed by atoms with Gasteiger partial charge in [-0.3, -0.25) is 0 Å². The smallest absolute Gasteiger partial charge is 0.00723 e. The van der Waals surface area contributed by atoms with Crippen LogP contribution in [0.3, 0.4) is 0 Å². The Morgan fingerprint density at radius 3 is 2.50 bits per heavy atom. The van der Waals surface area contributed by atoms with Crippen LogP contribution in [-0.4, -0.2) is 5.75 Å². The molecule has 0 saturated heterocycles. The summed E-state index contributed by atoms with van der Waals surface area (Å²) in [4.78, 5) is 1.07. The Labute approximate surface area is 72.5 Å². The van der Waals surface area contributed by atoms with Gasteiger partial charge in [0, 0.05) is 4.90 Å². The molecule has 0 aliphatic carbocycles. The summed E-state index contributed by atoms with van der Waals surface area (Å²) in [7, 11) is 0. The van der Waals surface area contributed by atoms with Crippen molar-refractivity contribution in [3.05, 3.63) is 29.8 Å². The summed E-state index contributed by atoms with van der Waals surface area (Å²) in [5, 5.41) is 0. The molecule has 0 amide bonds. The van der Waals surface area contributed by atoms with Gasteiger partial charge in [0.25, 0.3) is 0 Å². The predicted octanol–water partition coefficient (Wildman–Crippen LogP) is 2.45. The van der Waals surface area contributed by atoms with Crippen LogP contribution < -0.4 is 0 Å². The fourth-order valence-electron chi connectivity index (χ4n) is 0.843. The van der Waals surface area contributed by atoms with E-state index in [0.717, 1.165) is 17.1 Å². The molecule has 0 aliphatic rings. The van der Waals surface area contributed by atoms with E-state index in [0.29, 0.717) is 0 Å². The highest BCUT2D eigenvalue weighted by molar-refractivity contribution is 7.80. The molecule has 0 aliphatic heterocycles. The van der Waals surface area contributed by atoms with Crippen LogP contribution >= 0.6 is 25.3 Å². The lowest BCUT2D eigenvalue weighted by Gasteiger charge is -1.99. The zero-order chi connectivity index (χ0) is 7.40. The van der Waals surface area contributed by atoms with Crippen LogP contribution in [0, 0.1) is 0 Å². The monoisotopic (exact) mass is 170 g/mol. The fourth-order valence-corrected chi connectivity index (χ4v) is 1.36. The summed E-state index contributed by atoms with van der Waals surface area (Å²) >= 11 is 8.44. The van der Waals surface area contributed by atoms with E-state index >= 15 is 0 Å². The SMILES string of the molecule is SCCc1ccccc1S. The molecular formula is C8H10S2. The summed E-state index contributed by atoms with van der Waals surface area (Å²) in [5.74, 6) is 0.886. The summed E-state index contributed by atoms with van der Waals surface area (Å²) in [6.07, 6.45) is 1.00. The van der Waals surface area contributed by atoms with Crippen molar-refractivity contribution >= 4 is 25.3 Å². The normalized spacial score (nSPS) is 9.80. The van der Waals surface area contributed by atoms with Crippen molar-refractivity contribution in [1.82, 2.24) is 0 Å². The standard InChI is InChI=1S/C8H10S2/c9-6-5-7-3-1-2-4-8(7)10/h1-4,9-10H,5-6H2. The van der Waals surface area contributed by atoms with Crippen LogP contribution in [0.1, 0.15) is 5.56 Å². The fraction of sp³-hybridized carbons (Fsp3) is 0.250. The number of thiol groups is 2. The van der Waals surface area contributed by atoms with E-state index in [2.05, 4.69) is 31.3 Å². The molecule has 1 aromatic carbocycles. The molecule has 0 aromatic heterocycles. The van der Waals surface area contributed by atoms with Crippen molar-refractivity contribution in [1.29, 1.82) is 0 Å². The minimum absolute atomic E-state index is 0.886. The summed E-state index contributed by atoms with van der Waals surface area (Å²) < 4.78 is 0. The molecule has 0 fully saturated rings. The molecule has 0 saturated carbocycles. The van der Waals surface area contributed by atoms with E-state index in [9.17, 15) is 0 Å². The average molecular weight is 170 g/mol. The lowest BCUT2D eigenvalue weighted by atomic mass is 10.2. The third-order valence-corrected chi connectivity index (χ3v) is 2.03. The van der Waals surface area contributed by atoms with Crippen LogP contribution in [0.25, 0.3) is 0 Å². The second-order valence-electron chi connectivity index (χ2n) is 2.10. The Morgan fingerprint density at radius 1 is 1.20 bits per heavy atom. The van der Waals surface area contributed by atoms with Crippen molar-refractivity contribution in [2.75, 3.05) is 5.75 Å². The van der Waals surface area contributed by atoms with Crippen LogP contribution in [-0.2, 0) is 6.42 Å². The molecule has 0 nitrogen and oxygen atoms in total. The van der Waals surface area contributed by atoms with E-state index in [-0.39, 0.29) is 0 Å². The average Bonchev–Trinajstić information content (AvgIpc) is 1.94. The zero-order valence-corrected chi connectivity index (χ0v) is 7.41. The quantitative estimate of drug-likeness (QED) is 0.626. The van der Waals surface area contributed by atoms with Gasteiger partial charge in [0.15, 0.2) is 0 Å². The predicted molar refractivity (Wildman–Crippen MR) is 51.3 cm³/mol. The molecule has 0 bridgehead atoms. The second kappa shape index (κ2) is 3.94. The Bertz CT molecular complexity index is 208. The van der Waals surface area contributed by atoms with Crippen LogP contribution in [0.15, 0.2) is 29.2 Å². The van der Waals surface area contributed by atoms with Gasteiger partial charge < -0.3 is 0 Å². The minimum Gasteiger partial charge on any atom is -0.179 e. The molecule has 0 atom stereocenters. The maximum Gasteiger partial charge on any atom is 0.00723 e. The first-order chi connectivity index (χ1) is 4.84. The van der Waals surface area contributed by atoms with Crippen molar-refractivity contribution < 1.29 is 0 Å². The Hall–Kier alpha value is -0.0800. The van der Waals surface area contributed by atoms with Gasteiger partial charge in [-0.2, -0.15) is 12.6 Å². The van der Waals surface area contributed by atoms with Gasteiger partial charge in [-0.25, -0.2) is 0 Å². The molecule has 0 spiro atoms. The third kappa shape index (κ3) is 1.96. The topological polar surface area (TPSA) is 0 Å². The molecule has 2 heteroatoms. The minimum atomic E-state index is 0.886. The molecular weight excluding hydrogens is 160 g/mol. The lowest BCUT2D eigenvalue weighted by molar-refractivity contribution is 1.10. The Kier molecular flexibility index (Phi) is 3.16. The van der Waals surface area contributed by atoms with Crippen molar-refractivity contribution in [3.63, 3.8) is 0 Å². The highest BCUT2D eigenvalue weighted by Crippen LogP contribution is 2.13. The first-order valence-corrected chi connectivity index (χ1v) is 4.30. The Morgan fingerprint density at radius 2 is 1.90 bits per heavy atom. The first kappa shape index (κ1) is 8.02. The van der Waals surface area contributed by atoms with E-state index in [1.807, 2.05) is 18.2 Å². The zero-order valence-electron chi connectivity index (χ0n) is 5.62. The first-order valence-electron chi connectivity index (χ1n) is 3.22. The van der Waals surface area contributed by atoms with E-state index in [4.69, 9.17) is 0 Å². The van der Waals surface area contributed by atoms with E-state index in [1.165, 1.54) is 5.56 Å². The van der Waals surface area contributed by atoms with Gasteiger partial charge in [0.1, 0.15) is 0 Å². The van der Waals surface area contributed by atoms with Gasteiger partial charge >= 0.3 is 0 Å². The maximum absolute atomic E-state index is 4.30. The molecule has 10 heavy (non-hydrogen) atoms. The van der Waals surface area contributed by atoms with E-state index < -0.39 is 0 Å². The number of hydrogen-bond donors (Lipinski definition) is 2. The Balaban J connectivity index is 2.81. The molecule has 1 rings (SSSR count). The highest BCUT2D eigenvalue weighted by Gasteiger charge is 1.93.